The molecular formula is C23H26O5Si. The molecule has 4 rings (SSSR count). The molecular weight excluding hydrogens is 384 g/mol. The fourth-order valence-electron chi connectivity index (χ4n) is 4.22. The summed E-state index contributed by atoms with van der Waals surface area (Å²) in [5, 5.41) is 2.25. The van der Waals surface area contributed by atoms with Crippen LogP contribution in [0.4, 0.5) is 4.79 Å². The third-order valence-corrected chi connectivity index (χ3v) is 10.6. The number of fused-ring (bicyclic) bond motifs is 1. The molecule has 3 atom stereocenters. The highest BCUT2D eigenvalue weighted by atomic mass is 28.4. The molecule has 2 aliphatic heterocycles. The summed E-state index contributed by atoms with van der Waals surface area (Å²) >= 11 is 0. The molecule has 0 N–H and O–H groups in total. The summed E-state index contributed by atoms with van der Waals surface area (Å²) in [5.41, 5.74) is 0. The van der Waals surface area contributed by atoms with Crippen molar-refractivity contribution in [3.63, 3.8) is 0 Å². The van der Waals surface area contributed by atoms with Crippen molar-refractivity contribution >= 4 is 24.8 Å². The van der Waals surface area contributed by atoms with Gasteiger partial charge in [0.25, 0.3) is 8.32 Å². The average Bonchev–Trinajstić information content (AvgIpc) is 3.10. The van der Waals surface area contributed by atoms with Gasteiger partial charge >= 0.3 is 6.16 Å². The molecule has 29 heavy (non-hydrogen) atoms. The van der Waals surface area contributed by atoms with Gasteiger partial charge in [0.1, 0.15) is 0 Å². The minimum Gasteiger partial charge on any atom is -0.492 e. The molecule has 0 saturated carbocycles. The molecule has 2 aromatic rings. The van der Waals surface area contributed by atoms with E-state index in [1.165, 1.54) is 10.4 Å². The quantitative estimate of drug-likeness (QED) is 0.559. The Morgan fingerprint density at radius 1 is 0.931 bits per heavy atom. The second-order valence-corrected chi connectivity index (χ2v) is 12.7. The molecule has 5 nitrogen and oxygen atoms in total. The summed E-state index contributed by atoms with van der Waals surface area (Å²) in [6.07, 6.45) is 1.27. The van der Waals surface area contributed by atoms with E-state index in [1.807, 2.05) is 12.1 Å². The van der Waals surface area contributed by atoms with Crippen LogP contribution >= 0.6 is 0 Å². The Balaban J connectivity index is 1.71. The van der Waals surface area contributed by atoms with E-state index in [1.54, 1.807) is 12.3 Å². The maximum atomic E-state index is 11.6. The van der Waals surface area contributed by atoms with E-state index in [4.69, 9.17) is 18.6 Å². The summed E-state index contributed by atoms with van der Waals surface area (Å²) in [4.78, 5) is 11.6. The van der Waals surface area contributed by atoms with Crippen LogP contribution in [-0.4, -0.2) is 39.4 Å². The Morgan fingerprint density at radius 2 is 1.52 bits per heavy atom. The molecule has 0 spiro atoms. The van der Waals surface area contributed by atoms with Crippen LogP contribution in [0.5, 0.6) is 0 Å². The van der Waals surface area contributed by atoms with Gasteiger partial charge in [-0.2, -0.15) is 0 Å². The van der Waals surface area contributed by atoms with Gasteiger partial charge < -0.3 is 18.6 Å². The van der Waals surface area contributed by atoms with Gasteiger partial charge in [-0.1, -0.05) is 81.4 Å². The molecule has 0 bridgehead atoms. The van der Waals surface area contributed by atoms with Crippen LogP contribution in [-0.2, 0) is 18.6 Å². The molecule has 1 saturated heterocycles. The zero-order chi connectivity index (χ0) is 20.5. The van der Waals surface area contributed by atoms with Crippen LogP contribution in [0.2, 0.25) is 5.04 Å². The maximum Gasteiger partial charge on any atom is 0.509 e. The summed E-state index contributed by atoms with van der Waals surface area (Å²) in [7, 11) is -2.68. The highest BCUT2D eigenvalue weighted by Gasteiger charge is 2.52. The minimum atomic E-state index is -2.68. The first-order valence-corrected chi connectivity index (χ1v) is 11.8. The zero-order valence-corrected chi connectivity index (χ0v) is 17.9. The van der Waals surface area contributed by atoms with E-state index in [0.29, 0.717) is 6.61 Å². The molecule has 2 aliphatic rings. The van der Waals surface area contributed by atoms with E-state index >= 15 is 0 Å². The minimum absolute atomic E-state index is 0.136. The lowest BCUT2D eigenvalue weighted by atomic mass is 10.1. The highest BCUT2D eigenvalue weighted by Crippen LogP contribution is 2.37. The van der Waals surface area contributed by atoms with Crippen molar-refractivity contribution in [3.8, 4) is 0 Å². The van der Waals surface area contributed by atoms with Crippen LogP contribution < -0.4 is 10.4 Å². The zero-order valence-electron chi connectivity index (χ0n) is 16.9. The molecule has 0 aliphatic carbocycles. The van der Waals surface area contributed by atoms with Crippen molar-refractivity contribution in [1.29, 1.82) is 0 Å². The van der Waals surface area contributed by atoms with Gasteiger partial charge in [0, 0.05) is 0 Å². The van der Waals surface area contributed by atoms with Crippen molar-refractivity contribution in [2.75, 3.05) is 6.61 Å². The SMILES string of the molecule is CC(C)(C)[Si](OC[C@H]1OC=C[C@H]2OC(=O)O[C@@H]21)(c1ccccc1)c1ccccc1. The molecule has 0 unspecified atom stereocenters. The molecule has 1 fully saturated rings. The normalized spacial score (nSPS) is 23.7. The number of carbonyl (C=O) groups excluding carboxylic acids is 1. The van der Waals surface area contributed by atoms with Crippen LogP contribution in [0.25, 0.3) is 0 Å². The predicted molar refractivity (Wildman–Crippen MR) is 113 cm³/mol. The Kier molecular flexibility index (Phi) is 5.23. The number of hydrogen-bond donors (Lipinski definition) is 0. The Hall–Kier alpha value is -2.57. The number of hydrogen-bond acceptors (Lipinski definition) is 5. The van der Waals surface area contributed by atoms with Crippen molar-refractivity contribution in [2.45, 2.75) is 44.1 Å². The molecule has 6 heteroatoms. The third kappa shape index (κ3) is 3.58. The first-order valence-electron chi connectivity index (χ1n) is 9.86. The van der Waals surface area contributed by atoms with Crippen LogP contribution in [0, 0.1) is 0 Å². The number of benzene rings is 2. The molecule has 0 amide bonds. The fourth-order valence-corrected chi connectivity index (χ4v) is 8.79. The van der Waals surface area contributed by atoms with E-state index in [-0.39, 0.29) is 5.04 Å². The third-order valence-electron chi connectivity index (χ3n) is 5.56. The molecule has 152 valence electrons. The summed E-state index contributed by atoms with van der Waals surface area (Å²) < 4.78 is 23.2. The maximum absolute atomic E-state index is 11.6. The second kappa shape index (κ2) is 7.69. The van der Waals surface area contributed by atoms with Gasteiger partial charge in [0.15, 0.2) is 18.3 Å². The van der Waals surface area contributed by atoms with Gasteiger partial charge in [0.2, 0.25) is 0 Å². The molecule has 2 heterocycles. The Bertz CT molecular complexity index is 836. The lowest BCUT2D eigenvalue weighted by molar-refractivity contribution is -0.0274. The van der Waals surface area contributed by atoms with E-state index < -0.39 is 32.8 Å². The summed E-state index contributed by atoms with van der Waals surface area (Å²) in [5.74, 6) is 0. The number of carbonyl (C=O) groups is 1. The van der Waals surface area contributed by atoms with Crippen molar-refractivity contribution in [1.82, 2.24) is 0 Å². The standard InChI is InChI=1S/C23H26O5Si/c1-23(2,3)29(17-10-6-4-7-11-17,18-12-8-5-9-13-18)26-16-20-21-19(14-15-25-20)27-22(24)28-21/h4-15,19-21H,16H2,1-3H3/t19-,20-,21+/m1/s1. The van der Waals surface area contributed by atoms with Gasteiger partial charge in [-0.3, -0.25) is 0 Å². The van der Waals surface area contributed by atoms with Gasteiger partial charge in [0.05, 0.1) is 12.9 Å². The van der Waals surface area contributed by atoms with Crippen LogP contribution in [0.3, 0.4) is 0 Å². The van der Waals surface area contributed by atoms with Gasteiger partial charge in [-0.05, 0) is 21.5 Å². The monoisotopic (exact) mass is 410 g/mol. The van der Waals surface area contributed by atoms with Gasteiger partial charge in [-0.25, -0.2) is 4.79 Å². The lowest BCUT2D eigenvalue weighted by Gasteiger charge is -2.44. The Morgan fingerprint density at radius 3 is 2.07 bits per heavy atom. The fraction of sp³-hybridized carbons (Fsp3) is 0.348. The smallest absolute Gasteiger partial charge is 0.492 e. The number of rotatable bonds is 5. The highest BCUT2D eigenvalue weighted by molar-refractivity contribution is 6.99. The van der Waals surface area contributed by atoms with Crippen LogP contribution in [0.15, 0.2) is 73.0 Å². The summed E-state index contributed by atoms with van der Waals surface area (Å²) in [6, 6.07) is 20.8. The lowest BCUT2D eigenvalue weighted by Crippen LogP contribution is -2.67. The van der Waals surface area contributed by atoms with E-state index in [0.717, 1.165) is 0 Å². The van der Waals surface area contributed by atoms with E-state index in [2.05, 4.69) is 69.3 Å². The number of ether oxygens (including phenoxy) is 3. The van der Waals surface area contributed by atoms with Gasteiger partial charge in [-0.15, -0.1) is 0 Å². The average molecular weight is 411 g/mol. The van der Waals surface area contributed by atoms with Crippen molar-refractivity contribution < 1.29 is 23.4 Å². The van der Waals surface area contributed by atoms with Crippen molar-refractivity contribution in [3.05, 3.63) is 73.0 Å². The first kappa shape index (κ1) is 19.7. The predicted octanol–water partition coefficient (Wildman–Crippen LogP) is 3.38. The largest absolute Gasteiger partial charge is 0.509 e. The van der Waals surface area contributed by atoms with Crippen LogP contribution in [0.1, 0.15) is 20.8 Å². The second-order valence-electron chi connectivity index (χ2n) is 8.39. The van der Waals surface area contributed by atoms with E-state index in [9.17, 15) is 4.79 Å². The topological polar surface area (TPSA) is 54.0 Å². The molecule has 0 radical (unpaired) electrons. The molecule has 0 aromatic heterocycles. The van der Waals surface area contributed by atoms with Crippen molar-refractivity contribution in [2.24, 2.45) is 0 Å². The molecule has 2 aromatic carbocycles. The first-order chi connectivity index (χ1) is 13.9. The Labute approximate surface area is 172 Å². The summed E-state index contributed by atoms with van der Waals surface area (Å²) in [6.45, 7) is 6.97.